The maximum absolute atomic E-state index is 13.7. The van der Waals surface area contributed by atoms with E-state index in [4.69, 9.17) is 9.98 Å². The van der Waals surface area contributed by atoms with E-state index in [-0.39, 0.29) is 28.4 Å². The number of nitrogens with one attached hydrogen (secondary N) is 1. The number of sulfonamides is 1. The first kappa shape index (κ1) is 28.1. The lowest BCUT2D eigenvalue weighted by Gasteiger charge is -2.31. The highest BCUT2D eigenvalue weighted by Crippen LogP contribution is 2.39. The molecule has 0 saturated heterocycles. The molecule has 0 fully saturated rings. The normalized spacial score (nSPS) is 18.9. The number of rotatable bonds is 8. The Morgan fingerprint density at radius 1 is 0.930 bits per heavy atom. The summed E-state index contributed by atoms with van der Waals surface area (Å²) in [7, 11) is -3.61. The Hall–Kier alpha value is -5.02. The van der Waals surface area contributed by atoms with Crippen molar-refractivity contribution in [1.29, 1.82) is 0 Å². The largest absolute Gasteiger partial charge is 0.506 e. The Labute approximate surface area is 250 Å². The number of aliphatic imine (C=N–C) groups is 2. The highest BCUT2D eigenvalue weighted by atomic mass is 32.2. The van der Waals surface area contributed by atoms with E-state index in [1.807, 2.05) is 54.6 Å². The highest BCUT2D eigenvalue weighted by molar-refractivity contribution is 7.92. The zero-order chi connectivity index (χ0) is 30.1. The van der Waals surface area contributed by atoms with Crippen LogP contribution >= 0.6 is 0 Å². The summed E-state index contributed by atoms with van der Waals surface area (Å²) in [6, 6.07) is 24.1. The van der Waals surface area contributed by atoms with E-state index in [0.29, 0.717) is 22.8 Å². The molecule has 0 aromatic heterocycles. The number of nitrogens with zero attached hydrogens (tertiary/aromatic N) is 3. The molecule has 0 atom stereocenters. The van der Waals surface area contributed by atoms with Gasteiger partial charge in [0, 0.05) is 29.1 Å². The molecule has 8 nitrogen and oxygen atoms in total. The van der Waals surface area contributed by atoms with Crippen molar-refractivity contribution in [3.05, 3.63) is 136 Å². The number of allylic oxidation sites excluding steroid dienone is 5. The number of ketones is 1. The Kier molecular flexibility index (Phi) is 7.41. The second-order valence-corrected chi connectivity index (χ2v) is 12.2. The third-order valence-corrected chi connectivity index (χ3v) is 7.96. The van der Waals surface area contributed by atoms with Crippen LogP contribution in [-0.2, 0) is 14.8 Å². The number of para-hydroxylation sites is 2. The van der Waals surface area contributed by atoms with Crippen LogP contribution in [0.25, 0.3) is 6.08 Å². The summed E-state index contributed by atoms with van der Waals surface area (Å²) < 4.78 is 26.8. The van der Waals surface area contributed by atoms with Crippen molar-refractivity contribution in [3.8, 4) is 0 Å². The van der Waals surface area contributed by atoms with Crippen LogP contribution in [0.5, 0.6) is 0 Å². The standard InChI is InChI=1S/C34H30N4O4S/c1-3-4-20-38-24(19-18-22-12-8-11-17-28(22)38)21-26-32(39)29(33(26)40)31-30(35-34(36-31)23-13-6-5-7-14-23)25-15-9-10-16-27(25)37-43(2,41)42/h5-19,21,37,39H,3-4,20H2,1-2H3/b24-21+,31-29-. The number of carbonyl (C=O) groups is 1. The molecular weight excluding hydrogens is 560 g/mol. The van der Waals surface area contributed by atoms with Gasteiger partial charge in [-0.3, -0.25) is 9.52 Å². The third-order valence-electron chi connectivity index (χ3n) is 7.37. The van der Waals surface area contributed by atoms with Crippen molar-refractivity contribution >= 4 is 44.8 Å². The third kappa shape index (κ3) is 5.47. The molecule has 0 radical (unpaired) electrons. The van der Waals surface area contributed by atoms with Crippen LogP contribution in [0.4, 0.5) is 11.4 Å². The van der Waals surface area contributed by atoms with Crippen LogP contribution in [0, 0.1) is 0 Å². The number of benzene rings is 3. The van der Waals surface area contributed by atoms with Gasteiger partial charge in [0.25, 0.3) is 0 Å². The fourth-order valence-corrected chi connectivity index (χ4v) is 5.87. The molecule has 2 heterocycles. The first-order valence-corrected chi connectivity index (χ1v) is 15.9. The molecule has 0 bridgehead atoms. The number of unbranched alkanes of at least 4 members (excludes halogenated alkanes) is 1. The highest BCUT2D eigenvalue weighted by Gasteiger charge is 2.39. The van der Waals surface area contributed by atoms with Gasteiger partial charge in [-0.25, -0.2) is 18.4 Å². The van der Waals surface area contributed by atoms with Crippen LogP contribution < -0.4 is 9.62 Å². The van der Waals surface area contributed by atoms with Gasteiger partial charge in [0.2, 0.25) is 15.8 Å². The summed E-state index contributed by atoms with van der Waals surface area (Å²) in [6.45, 7) is 2.90. The van der Waals surface area contributed by atoms with Gasteiger partial charge in [-0.05, 0) is 36.3 Å². The Morgan fingerprint density at radius 2 is 1.65 bits per heavy atom. The van der Waals surface area contributed by atoms with Crippen LogP contribution in [0.2, 0.25) is 0 Å². The summed E-state index contributed by atoms with van der Waals surface area (Å²) in [5, 5.41) is 11.3. The fraction of sp³-hybridized carbons (Fsp3) is 0.147. The molecule has 0 amide bonds. The molecule has 2 N–H and O–H groups in total. The van der Waals surface area contributed by atoms with Gasteiger partial charge in [-0.1, -0.05) is 86.2 Å². The maximum Gasteiger partial charge on any atom is 0.229 e. The van der Waals surface area contributed by atoms with Crippen LogP contribution in [0.3, 0.4) is 0 Å². The van der Waals surface area contributed by atoms with Crippen molar-refractivity contribution in [2.75, 3.05) is 22.4 Å². The average molecular weight is 591 g/mol. The van der Waals surface area contributed by atoms with Crippen LogP contribution in [-0.4, -0.2) is 43.7 Å². The molecule has 6 rings (SSSR count). The first-order valence-electron chi connectivity index (χ1n) is 14.0. The average Bonchev–Trinajstić information content (AvgIpc) is 3.43. The minimum Gasteiger partial charge on any atom is -0.506 e. The summed E-state index contributed by atoms with van der Waals surface area (Å²) in [5.41, 5.74) is 5.12. The monoisotopic (exact) mass is 590 g/mol. The number of hydrogen-bond acceptors (Lipinski definition) is 7. The summed E-state index contributed by atoms with van der Waals surface area (Å²) >= 11 is 0. The number of Topliss-reactive ketones (excluding diaryl/α,β-unsaturated/α-hetero) is 1. The van der Waals surface area contributed by atoms with E-state index in [1.54, 1.807) is 30.3 Å². The zero-order valence-corrected chi connectivity index (χ0v) is 24.6. The molecule has 9 heteroatoms. The minimum absolute atomic E-state index is 0.0472. The smallest absolute Gasteiger partial charge is 0.229 e. The van der Waals surface area contributed by atoms with E-state index >= 15 is 0 Å². The minimum atomic E-state index is -3.61. The predicted molar refractivity (Wildman–Crippen MR) is 172 cm³/mol. The predicted octanol–water partition coefficient (Wildman–Crippen LogP) is 6.17. The number of anilines is 2. The summed E-state index contributed by atoms with van der Waals surface area (Å²) in [4.78, 5) is 25.3. The quantitative estimate of drug-likeness (QED) is 0.305. The molecule has 3 aromatic carbocycles. The molecule has 0 unspecified atom stereocenters. The van der Waals surface area contributed by atoms with E-state index in [2.05, 4.69) is 28.7 Å². The van der Waals surface area contributed by atoms with E-state index in [9.17, 15) is 18.3 Å². The van der Waals surface area contributed by atoms with Gasteiger partial charge in [0.15, 0.2) is 5.84 Å². The van der Waals surface area contributed by atoms with Gasteiger partial charge >= 0.3 is 0 Å². The molecule has 0 saturated carbocycles. The second-order valence-electron chi connectivity index (χ2n) is 10.5. The number of fused-ring (bicyclic) bond motifs is 1. The number of amidine groups is 1. The molecule has 2 aliphatic heterocycles. The first-order chi connectivity index (χ1) is 20.7. The van der Waals surface area contributed by atoms with Crippen molar-refractivity contribution in [2.45, 2.75) is 19.8 Å². The Balaban J connectivity index is 1.47. The van der Waals surface area contributed by atoms with E-state index < -0.39 is 10.0 Å². The van der Waals surface area contributed by atoms with Crippen molar-refractivity contribution in [3.63, 3.8) is 0 Å². The number of aliphatic hydroxyl groups excluding tert-OH is 1. The fourth-order valence-electron chi connectivity index (χ4n) is 5.29. The van der Waals surface area contributed by atoms with E-state index in [0.717, 1.165) is 48.2 Å². The molecule has 43 heavy (non-hydrogen) atoms. The van der Waals surface area contributed by atoms with Crippen LogP contribution in [0.1, 0.15) is 36.5 Å². The van der Waals surface area contributed by atoms with Gasteiger partial charge in [-0.15, -0.1) is 0 Å². The van der Waals surface area contributed by atoms with Crippen LogP contribution in [0.15, 0.2) is 129 Å². The lowest BCUT2D eigenvalue weighted by Crippen LogP contribution is -2.28. The summed E-state index contributed by atoms with van der Waals surface area (Å²) in [6.07, 6.45) is 8.73. The Morgan fingerprint density at radius 3 is 2.40 bits per heavy atom. The van der Waals surface area contributed by atoms with Gasteiger partial charge in [-0.2, -0.15) is 0 Å². The van der Waals surface area contributed by atoms with E-state index in [1.165, 1.54) is 0 Å². The molecule has 0 spiro atoms. The molecule has 216 valence electrons. The Bertz CT molecular complexity index is 1930. The molecule has 3 aliphatic rings. The molecule has 3 aromatic rings. The van der Waals surface area contributed by atoms with Gasteiger partial charge in [0.1, 0.15) is 17.2 Å². The zero-order valence-electron chi connectivity index (χ0n) is 23.8. The second kappa shape index (κ2) is 11.3. The number of aliphatic hydroxyl groups is 1. The topological polar surface area (TPSA) is 111 Å². The summed E-state index contributed by atoms with van der Waals surface area (Å²) in [5.74, 6) is -0.172. The SMILES string of the molecule is CCCCN1/C(=C/C2=C(O)C(=C3/N=C(c4ccccc4)N=C3c3ccccc3NS(C)(=O)=O)/C2=O)C=Cc2ccccc21. The molecule has 1 aliphatic carbocycles. The van der Waals surface area contributed by atoms with Crippen molar-refractivity contribution in [2.24, 2.45) is 9.98 Å². The van der Waals surface area contributed by atoms with Gasteiger partial charge in [0.05, 0.1) is 23.1 Å². The lowest BCUT2D eigenvalue weighted by molar-refractivity contribution is -0.113. The lowest BCUT2D eigenvalue weighted by atomic mass is 9.84. The number of hydrogen-bond donors (Lipinski definition) is 2. The molecular formula is C34H30N4O4S. The van der Waals surface area contributed by atoms with Crippen molar-refractivity contribution < 1.29 is 18.3 Å². The van der Waals surface area contributed by atoms with Crippen molar-refractivity contribution in [1.82, 2.24) is 0 Å². The maximum atomic E-state index is 13.7. The number of carbonyl (C=O) groups excluding carboxylic acids is 1. The van der Waals surface area contributed by atoms with Gasteiger partial charge < -0.3 is 10.0 Å².